The average Bonchev–Trinajstić information content (AvgIpc) is 2.69. The van der Waals surface area contributed by atoms with Crippen LogP contribution in [0.4, 0.5) is 0 Å². The molecule has 0 spiro atoms. The molecule has 2 atom stereocenters. The molecule has 0 radical (unpaired) electrons. The number of nitrogens with zero attached hydrogens (tertiary/aromatic N) is 2. The zero-order valence-electron chi connectivity index (χ0n) is 20.2. The van der Waals surface area contributed by atoms with Crippen LogP contribution >= 0.6 is 0 Å². The van der Waals surface area contributed by atoms with Gasteiger partial charge in [-0.2, -0.15) is 0 Å². The minimum Gasteiger partial charge on any atom is -0.508 e. The zero-order chi connectivity index (χ0) is 23.9. The first kappa shape index (κ1) is 25.5. The predicted octanol–water partition coefficient (Wildman–Crippen LogP) is 4.24. The Balaban J connectivity index is 0.000000227. The maximum atomic E-state index is 11.8. The minimum atomic E-state index is -0.181. The molecule has 0 bridgehead atoms. The summed E-state index contributed by atoms with van der Waals surface area (Å²) < 4.78 is 0. The van der Waals surface area contributed by atoms with Crippen LogP contribution in [0.1, 0.15) is 66.7 Å². The maximum Gasteiger partial charge on any atom is 0.253 e. The highest BCUT2D eigenvalue weighted by Crippen LogP contribution is 2.41. The van der Waals surface area contributed by atoms with Gasteiger partial charge in [0.05, 0.1) is 5.56 Å². The van der Waals surface area contributed by atoms with Crippen LogP contribution < -0.4 is 5.32 Å². The first-order valence-electron chi connectivity index (χ1n) is 11.2. The topological polar surface area (TPSA) is 82.5 Å². The summed E-state index contributed by atoms with van der Waals surface area (Å²) in [7, 11) is 2.19. The molecule has 1 saturated heterocycles. The van der Waals surface area contributed by atoms with E-state index in [-0.39, 0.29) is 11.9 Å². The van der Waals surface area contributed by atoms with Gasteiger partial charge in [-0.3, -0.25) is 9.78 Å². The Hall–Kier alpha value is -2.73. The van der Waals surface area contributed by atoms with E-state index in [1.54, 1.807) is 25.3 Å². The van der Waals surface area contributed by atoms with Crippen molar-refractivity contribution in [2.45, 2.75) is 59.4 Å². The number of carbonyl (C=O) groups excluding carboxylic acids is 2. The second-order valence-electron chi connectivity index (χ2n) is 9.58. The number of amides is 1. The molecule has 1 aliphatic rings. The van der Waals surface area contributed by atoms with Crippen LogP contribution in [0, 0.1) is 19.3 Å². The van der Waals surface area contributed by atoms with Crippen molar-refractivity contribution in [3.05, 3.63) is 58.9 Å². The molecule has 6 heteroatoms. The van der Waals surface area contributed by atoms with Gasteiger partial charge in [-0.05, 0) is 81.4 Å². The quantitative estimate of drug-likeness (QED) is 0.681. The van der Waals surface area contributed by atoms with Crippen molar-refractivity contribution in [2.75, 3.05) is 20.1 Å². The lowest BCUT2D eigenvalue weighted by molar-refractivity contribution is -0.108. The number of carbonyl (C=O) groups is 2. The average molecular weight is 440 g/mol. The van der Waals surface area contributed by atoms with Gasteiger partial charge in [0.2, 0.25) is 0 Å². The van der Waals surface area contributed by atoms with Crippen molar-refractivity contribution in [3.63, 3.8) is 0 Å². The fourth-order valence-corrected chi connectivity index (χ4v) is 4.39. The molecule has 2 heterocycles. The largest absolute Gasteiger partial charge is 0.508 e. The summed E-state index contributed by atoms with van der Waals surface area (Å²) in [6.45, 7) is 12.5. The Labute approximate surface area is 192 Å². The monoisotopic (exact) mass is 439 g/mol. The molecule has 1 aromatic carbocycles. The molecule has 1 amide bonds. The highest BCUT2D eigenvalue weighted by molar-refractivity contribution is 5.95. The third kappa shape index (κ3) is 7.16. The van der Waals surface area contributed by atoms with Crippen molar-refractivity contribution in [1.82, 2.24) is 15.2 Å². The third-order valence-corrected chi connectivity index (χ3v) is 6.04. The molecular weight excluding hydrogens is 402 g/mol. The number of aryl methyl sites for hydroxylation is 2. The van der Waals surface area contributed by atoms with E-state index in [2.05, 4.69) is 48.2 Å². The van der Waals surface area contributed by atoms with Gasteiger partial charge in [0.1, 0.15) is 12.0 Å². The van der Waals surface area contributed by atoms with Gasteiger partial charge < -0.3 is 20.1 Å². The molecule has 2 N–H and O–H groups in total. The Morgan fingerprint density at radius 1 is 1.31 bits per heavy atom. The van der Waals surface area contributed by atoms with E-state index < -0.39 is 0 Å². The standard InChI is InChI=1S/C14H21NO.C12H16N2O2/c1-14(2)10-15(3)9-8-13(14)11-4-6-12(16)7-5-11;1-8-6-10(3)13-7-11(8)12(16)14-9(2)4-5-15/h4-7,13,16H,8-10H2,1-3H3;5-7,9H,4H2,1-3H3,(H,14,16)/t;9-/m.1/s1. The van der Waals surface area contributed by atoms with Gasteiger partial charge in [-0.1, -0.05) is 26.0 Å². The van der Waals surface area contributed by atoms with Crippen LogP contribution in [0.2, 0.25) is 0 Å². The fourth-order valence-electron chi connectivity index (χ4n) is 4.39. The molecule has 32 heavy (non-hydrogen) atoms. The van der Waals surface area contributed by atoms with Gasteiger partial charge in [0.25, 0.3) is 5.91 Å². The number of benzene rings is 1. The fraction of sp³-hybridized carbons (Fsp3) is 0.500. The number of phenolic OH excluding ortho intramolecular Hbond substituents is 1. The summed E-state index contributed by atoms with van der Waals surface area (Å²) in [6, 6.07) is 9.43. The number of aromatic hydroxyl groups is 1. The summed E-state index contributed by atoms with van der Waals surface area (Å²) in [4.78, 5) is 28.6. The first-order valence-corrected chi connectivity index (χ1v) is 11.2. The third-order valence-electron chi connectivity index (χ3n) is 6.04. The lowest BCUT2D eigenvalue weighted by atomic mass is 9.70. The normalized spacial score (nSPS) is 18.8. The minimum absolute atomic E-state index is 0.147. The number of pyridine rings is 1. The van der Waals surface area contributed by atoms with E-state index in [9.17, 15) is 14.7 Å². The van der Waals surface area contributed by atoms with E-state index in [1.165, 1.54) is 12.0 Å². The van der Waals surface area contributed by atoms with Crippen molar-refractivity contribution in [1.29, 1.82) is 0 Å². The van der Waals surface area contributed by atoms with Crippen LogP contribution in [0.25, 0.3) is 0 Å². The highest BCUT2D eigenvalue weighted by Gasteiger charge is 2.35. The van der Waals surface area contributed by atoms with E-state index in [0.717, 1.165) is 30.6 Å². The van der Waals surface area contributed by atoms with Crippen molar-refractivity contribution in [2.24, 2.45) is 5.41 Å². The van der Waals surface area contributed by atoms with E-state index in [1.807, 2.05) is 19.9 Å². The molecular formula is C26H37N3O3. The number of aldehydes is 1. The maximum absolute atomic E-state index is 11.8. The first-order chi connectivity index (χ1) is 15.0. The van der Waals surface area contributed by atoms with Crippen molar-refractivity contribution in [3.8, 4) is 5.75 Å². The molecule has 6 nitrogen and oxygen atoms in total. The molecule has 1 aromatic heterocycles. The lowest BCUT2D eigenvalue weighted by Crippen LogP contribution is -2.42. The number of phenols is 1. The van der Waals surface area contributed by atoms with Gasteiger partial charge in [0, 0.05) is 30.9 Å². The zero-order valence-corrected chi connectivity index (χ0v) is 20.2. The number of nitrogens with one attached hydrogen (secondary N) is 1. The molecule has 3 rings (SSSR count). The van der Waals surface area contributed by atoms with Crippen LogP contribution in [-0.4, -0.2) is 53.4 Å². The molecule has 0 saturated carbocycles. The Morgan fingerprint density at radius 2 is 1.97 bits per heavy atom. The molecule has 2 aromatic rings. The molecule has 1 aliphatic heterocycles. The SMILES string of the molecule is CN1CCC(c2ccc(O)cc2)C(C)(C)C1.Cc1cc(C)c(C(=O)N[C@H](C)CC=O)cn1. The summed E-state index contributed by atoms with van der Waals surface area (Å²) in [5.41, 5.74) is 4.00. The van der Waals surface area contributed by atoms with Crippen molar-refractivity contribution >= 4 is 12.2 Å². The van der Waals surface area contributed by atoms with E-state index in [4.69, 9.17) is 0 Å². The van der Waals surface area contributed by atoms with Gasteiger partial charge in [-0.15, -0.1) is 0 Å². The van der Waals surface area contributed by atoms with E-state index in [0.29, 0.717) is 29.1 Å². The number of rotatable bonds is 5. The summed E-state index contributed by atoms with van der Waals surface area (Å²) in [5.74, 6) is 0.776. The number of aromatic nitrogens is 1. The molecule has 174 valence electrons. The smallest absolute Gasteiger partial charge is 0.253 e. The Kier molecular flexibility index (Phi) is 8.96. The second-order valence-corrected chi connectivity index (χ2v) is 9.58. The van der Waals surface area contributed by atoms with Gasteiger partial charge in [0.15, 0.2) is 0 Å². The summed E-state index contributed by atoms with van der Waals surface area (Å²) >= 11 is 0. The molecule has 0 aliphatic carbocycles. The Morgan fingerprint density at radius 3 is 2.53 bits per heavy atom. The summed E-state index contributed by atoms with van der Waals surface area (Å²) in [5, 5.41) is 12.1. The number of hydrogen-bond acceptors (Lipinski definition) is 5. The highest BCUT2D eigenvalue weighted by atomic mass is 16.3. The van der Waals surface area contributed by atoms with Gasteiger partial charge in [-0.25, -0.2) is 0 Å². The summed E-state index contributed by atoms with van der Waals surface area (Å²) in [6.07, 6.45) is 3.89. The van der Waals surface area contributed by atoms with Crippen LogP contribution in [0.3, 0.4) is 0 Å². The Bertz CT molecular complexity index is 909. The molecule has 1 unspecified atom stereocenters. The number of hydrogen-bond donors (Lipinski definition) is 2. The van der Waals surface area contributed by atoms with Gasteiger partial charge >= 0.3 is 0 Å². The lowest BCUT2D eigenvalue weighted by Gasteiger charge is -2.43. The van der Waals surface area contributed by atoms with Crippen LogP contribution in [0.5, 0.6) is 5.75 Å². The molecule has 1 fully saturated rings. The van der Waals surface area contributed by atoms with E-state index >= 15 is 0 Å². The van der Waals surface area contributed by atoms with Crippen LogP contribution in [-0.2, 0) is 4.79 Å². The number of piperidine rings is 1. The van der Waals surface area contributed by atoms with Crippen molar-refractivity contribution < 1.29 is 14.7 Å². The number of likely N-dealkylation sites (tertiary alicyclic amines) is 1. The van der Waals surface area contributed by atoms with Crippen LogP contribution in [0.15, 0.2) is 36.5 Å². The second kappa shape index (κ2) is 11.2. The predicted molar refractivity (Wildman–Crippen MR) is 128 cm³/mol.